The lowest BCUT2D eigenvalue weighted by molar-refractivity contribution is 0.0563. The lowest BCUT2D eigenvalue weighted by atomic mass is 10.4. The summed E-state index contributed by atoms with van der Waals surface area (Å²) in [4.78, 5) is 11.0. The van der Waals surface area contributed by atoms with Crippen LogP contribution in [0.15, 0.2) is 16.5 Å². The fourth-order valence-electron chi connectivity index (χ4n) is 1.06. The predicted molar refractivity (Wildman–Crippen MR) is 55.2 cm³/mol. The molecule has 0 bridgehead atoms. The molecule has 4 nitrogen and oxygen atoms in total. The first kappa shape index (κ1) is 11.3. The molecule has 0 saturated heterocycles. The van der Waals surface area contributed by atoms with E-state index in [2.05, 4.69) is 16.0 Å². The summed E-state index contributed by atoms with van der Waals surface area (Å²) in [5.41, 5.74) is 0. The van der Waals surface area contributed by atoms with Crippen LogP contribution in [0, 0.1) is 12.3 Å². The second-order valence-electron chi connectivity index (χ2n) is 2.89. The van der Waals surface area contributed by atoms with Crippen LogP contribution in [0.4, 0.5) is 0 Å². The molecule has 1 heterocycles. The van der Waals surface area contributed by atoms with Crippen LogP contribution in [0.5, 0.6) is 0 Å². The fourth-order valence-corrected chi connectivity index (χ4v) is 1.06. The molecule has 0 aliphatic heterocycles. The molecule has 0 atom stereocenters. The summed E-state index contributed by atoms with van der Waals surface area (Å²) in [5, 5.41) is 3.08. The molecule has 0 aliphatic carbocycles. The zero-order valence-electron chi connectivity index (χ0n) is 8.58. The molecule has 1 aromatic heterocycles. The summed E-state index contributed by atoms with van der Waals surface area (Å²) in [6.45, 7) is 1.28. The molecule has 0 aliphatic rings. The quantitative estimate of drug-likeness (QED) is 0.447. The maximum atomic E-state index is 11.0. The van der Waals surface area contributed by atoms with Gasteiger partial charge in [0.25, 0.3) is 0 Å². The average molecular weight is 207 g/mol. The van der Waals surface area contributed by atoms with Crippen molar-refractivity contribution in [2.75, 3.05) is 13.7 Å². The van der Waals surface area contributed by atoms with E-state index in [9.17, 15) is 4.79 Å². The molecule has 0 saturated carbocycles. The third-order valence-corrected chi connectivity index (χ3v) is 1.79. The first-order valence-corrected chi connectivity index (χ1v) is 4.59. The van der Waals surface area contributed by atoms with E-state index in [1.54, 1.807) is 12.1 Å². The van der Waals surface area contributed by atoms with E-state index in [4.69, 9.17) is 10.8 Å². The Bertz CT molecular complexity index is 362. The maximum absolute atomic E-state index is 11.0. The molecule has 1 N–H and O–H groups in total. The normalized spacial score (nSPS) is 9.60. The van der Waals surface area contributed by atoms with Gasteiger partial charge in [0, 0.05) is 13.0 Å². The first-order valence-electron chi connectivity index (χ1n) is 4.59. The van der Waals surface area contributed by atoms with Crippen molar-refractivity contribution in [3.05, 3.63) is 23.7 Å². The molecule has 0 fully saturated rings. The number of hydrogen-bond acceptors (Lipinski definition) is 4. The van der Waals surface area contributed by atoms with E-state index < -0.39 is 5.97 Å². The van der Waals surface area contributed by atoms with Crippen LogP contribution in [0.1, 0.15) is 22.7 Å². The Hall–Kier alpha value is -1.73. The molecule has 0 unspecified atom stereocenters. The summed E-state index contributed by atoms with van der Waals surface area (Å²) >= 11 is 0. The minimum Gasteiger partial charge on any atom is -0.463 e. The van der Waals surface area contributed by atoms with Crippen LogP contribution in [0.3, 0.4) is 0 Å². The number of carbonyl (C=O) groups is 1. The molecule has 0 amide bonds. The van der Waals surface area contributed by atoms with Crippen molar-refractivity contribution in [3.8, 4) is 12.3 Å². The molecule has 80 valence electrons. The van der Waals surface area contributed by atoms with Gasteiger partial charge in [-0.2, -0.15) is 0 Å². The van der Waals surface area contributed by atoms with Crippen molar-refractivity contribution in [1.82, 2.24) is 5.32 Å². The molecule has 0 spiro atoms. The first-order chi connectivity index (χ1) is 7.27. The predicted octanol–water partition coefficient (Wildman–Crippen LogP) is 1.18. The lowest BCUT2D eigenvalue weighted by Gasteiger charge is -1.98. The number of hydrogen-bond donors (Lipinski definition) is 1. The summed E-state index contributed by atoms with van der Waals surface area (Å²) in [6.07, 6.45) is 5.77. The number of terminal acetylenes is 1. The minimum absolute atomic E-state index is 0.214. The topological polar surface area (TPSA) is 51.5 Å². The maximum Gasteiger partial charge on any atom is 0.373 e. The fraction of sp³-hybridized carbons (Fsp3) is 0.364. The third kappa shape index (κ3) is 3.49. The summed E-state index contributed by atoms with van der Waals surface area (Å²) in [7, 11) is 1.32. The second-order valence-corrected chi connectivity index (χ2v) is 2.89. The number of nitrogens with one attached hydrogen (secondary N) is 1. The van der Waals surface area contributed by atoms with Gasteiger partial charge in [-0.05, 0) is 12.1 Å². The summed E-state index contributed by atoms with van der Waals surface area (Å²) in [5.74, 6) is 2.95. The van der Waals surface area contributed by atoms with E-state index >= 15 is 0 Å². The van der Waals surface area contributed by atoms with Crippen molar-refractivity contribution >= 4 is 5.97 Å². The Balaban J connectivity index is 2.40. The van der Waals surface area contributed by atoms with Gasteiger partial charge in [0.15, 0.2) is 0 Å². The standard InChI is InChI=1S/C11H13NO3/c1-3-4-7-12-8-9-5-6-10(15-9)11(13)14-2/h1,5-6,12H,4,7-8H2,2H3. The third-order valence-electron chi connectivity index (χ3n) is 1.79. The molecule has 0 aromatic carbocycles. The number of carbonyl (C=O) groups excluding carboxylic acids is 1. The molecule has 15 heavy (non-hydrogen) atoms. The zero-order chi connectivity index (χ0) is 11.1. The van der Waals surface area contributed by atoms with Crippen LogP contribution >= 0.6 is 0 Å². The van der Waals surface area contributed by atoms with E-state index in [0.29, 0.717) is 18.7 Å². The SMILES string of the molecule is C#CCCNCc1ccc(C(=O)OC)o1. The Labute approximate surface area is 88.6 Å². The second kappa shape index (κ2) is 5.89. The van der Waals surface area contributed by atoms with E-state index in [0.717, 1.165) is 6.54 Å². The highest BCUT2D eigenvalue weighted by Gasteiger charge is 2.10. The molecule has 1 rings (SSSR count). The van der Waals surface area contributed by atoms with Gasteiger partial charge < -0.3 is 14.5 Å². The van der Waals surface area contributed by atoms with Crippen molar-refractivity contribution in [3.63, 3.8) is 0 Å². The number of rotatable bonds is 5. The largest absolute Gasteiger partial charge is 0.463 e. The van der Waals surface area contributed by atoms with Gasteiger partial charge >= 0.3 is 5.97 Å². The van der Waals surface area contributed by atoms with E-state index in [1.165, 1.54) is 7.11 Å². The van der Waals surface area contributed by atoms with Crippen molar-refractivity contribution < 1.29 is 13.9 Å². The van der Waals surface area contributed by atoms with Crippen molar-refractivity contribution in [2.45, 2.75) is 13.0 Å². The van der Waals surface area contributed by atoms with E-state index in [1.807, 2.05) is 0 Å². The number of methoxy groups -OCH3 is 1. The average Bonchev–Trinajstić information content (AvgIpc) is 2.72. The van der Waals surface area contributed by atoms with Gasteiger partial charge in [-0.1, -0.05) is 0 Å². The summed E-state index contributed by atoms with van der Waals surface area (Å²) < 4.78 is 9.74. The van der Waals surface area contributed by atoms with Gasteiger partial charge in [-0.25, -0.2) is 4.79 Å². The van der Waals surface area contributed by atoms with Gasteiger partial charge in [0.1, 0.15) is 5.76 Å². The molecule has 4 heteroatoms. The number of furan rings is 1. The Morgan fingerprint density at radius 3 is 3.13 bits per heavy atom. The van der Waals surface area contributed by atoms with Crippen LogP contribution in [-0.2, 0) is 11.3 Å². The van der Waals surface area contributed by atoms with Crippen LogP contribution in [-0.4, -0.2) is 19.6 Å². The lowest BCUT2D eigenvalue weighted by Crippen LogP contribution is -2.13. The summed E-state index contributed by atoms with van der Waals surface area (Å²) in [6, 6.07) is 3.32. The monoisotopic (exact) mass is 207 g/mol. The van der Waals surface area contributed by atoms with Gasteiger partial charge in [-0.3, -0.25) is 0 Å². The van der Waals surface area contributed by atoms with Gasteiger partial charge in [0.2, 0.25) is 5.76 Å². The smallest absolute Gasteiger partial charge is 0.373 e. The molecular formula is C11H13NO3. The number of esters is 1. The van der Waals surface area contributed by atoms with E-state index in [-0.39, 0.29) is 5.76 Å². The molecular weight excluding hydrogens is 194 g/mol. The minimum atomic E-state index is -0.468. The van der Waals surface area contributed by atoms with Crippen LogP contribution < -0.4 is 5.32 Å². The van der Waals surface area contributed by atoms with Gasteiger partial charge in [0.05, 0.1) is 13.7 Å². The Morgan fingerprint density at radius 1 is 1.67 bits per heavy atom. The zero-order valence-corrected chi connectivity index (χ0v) is 8.58. The molecule has 1 aromatic rings. The molecule has 0 radical (unpaired) electrons. The van der Waals surface area contributed by atoms with Crippen LogP contribution in [0.25, 0.3) is 0 Å². The number of ether oxygens (including phenoxy) is 1. The Morgan fingerprint density at radius 2 is 2.47 bits per heavy atom. The van der Waals surface area contributed by atoms with Crippen molar-refractivity contribution in [1.29, 1.82) is 0 Å². The van der Waals surface area contributed by atoms with Crippen molar-refractivity contribution in [2.24, 2.45) is 0 Å². The highest BCUT2D eigenvalue weighted by Crippen LogP contribution is 2.08. The Kier molecular flexibility index (Phi) is 4.45. The highest BCUT2D eigenvalue weighted by molar-refractivity contribution is 5.86. The van der Waals surface area contributed by atoms with Crippen LogP contribution in [0.2, 0.25) is 0 Å². The van der Waals surface area contributed by atoms with Gasteiger partial charge in [-0.15, -0.1) is 12.3 Å². The highest BCUT2D eigenvalue weighted by atomic mass is 16.5.